The number of nitrogens with zero attached hydrogens (tertiary/aromatic N) is 1. The average Bonchev–Trinajstić information content (AvgIpc) is 2.17. The summed E-state index contributed by atoms with van der Waals surface area (Å²) in [5.41, 5.74) is 9.43. The Bertz CT molecular complexity index is 459. The number of anilines is 1. The van der Waals surface area contributed by atoms with E-state index in [0.29, 0.717) is 5.69 Å². The molecule has 0 saturated heterocycles. The molecule has 1 heterocycles. The Balaban J connectivity index is 2.94. The van der Waals surface area contributed by atoms with Crippen molar-refractivity contribution in [2.24, 2.45) is 0 Å². The first-order chi connectivity index (χ1) is 6.61. The van der Waals surface area contributed by atoms with Crippen molar-refractivity contribution in [3.05, 3.63) is 34.5 Å². The van der Waals surface area contributed by atoms with Crippen LogP contribution in [0.2, 0.25) is 5.02 Å². The third-order valence-electron chi connectivity index (χ3n) is 2.41. The SMILES string of the molecule is Cc1cnc2c(N)c(C)ccc2c1Cl. The van der Waals surface area contributed by atoms with Crippen LogP contribution in [0.4, 0.5) is 5.69 Å². The molecule has 14 heavy (non-hydrogen) atoms. The molecule has 0 aliphatic carbocycles. The molecular weight excluding hydrogens is 196 g/mol. The van der Waals surface area contributed by atoms with Gasteiger partial charge < -0.3 is 5.73 Å². The van der Waals surface area contributed by atoms with Crippen LogP contribution in [0.1, 0.15) is 11.1 Å². The fourth-order valence-corrected chi connectivity index (χ4v) is 1.66. The van der Waals surface area contributed by atoms with Crippen molar-refractivity contribution in [1.29, 1.82) is 0 Å². The quantitative estimate of drug-likeness (QED) is 0.673. The van der Waals surface area contributed by atoms with E-state index in [1.165, 1.54) is 0 Å². The van der Waals surface area contributed by atoms with E-state index in [1.54, 1.807) is 6.20 Å². The highest BCUT2D eigenvalue weighted by atomic mass is 35.5. The van der Waals surface area contributed by atoms with Crippen LogP contribution < -0.4 is 5.73 Å². The lowest BCUT2D eigenvalue weighted by atomic mass is 10.1. The van der Waals surface area contributed by atoms with Crippen molar-refractivity contribution in [2.75, 3.05) is 5.73 Å². The number of aromatic nitrogens is 1. The summed E-state index contributed by atoms with van der Waals surface area (Å²) in [6, 6.07) is 3.92. The molecule has 0 radical (unpaired) electrons. The Kier molecular flexibility index (Phi) is 2.08. The highest BCUT2D eigenvalue weighted by Gasteiger charge is 2.07. The first-order valence-corrected chi connectivity index (χ1v) is 4.79. The zero-order chi connectivity index (χ0) is 10.3. The summed E-state index contributed by atoms with van der Waals surface area (Å²) in [7, 11) is 0. The summed E-state index contributed by atoms with van der Waals surface area (Å²) in [4.78, 5) is 4.29. The molecule has 2 nitrogen and oxygen atoms in total. The van der Waals surface area contributed by atoms with Crippen molar-refractivity contribution < 1.29 is 0 Å². The fraction of sp³-hybridized carbons (Fsp3) is 0.182. The van der Waals surface area contributed by atoms with Gasteiger partial charge in [-0.2, -0.15) is 0 Å². The van der Waals surface area contributed by atoms with Gasteiger partial charge in [0.15, 0.2) is 0 Å². The first kappa shape index (κ1) is 9.28. The number of nitrogens with two attached hydrogens (primary N) is 1. The van der Waals surface area contributed by atoms with E-state index < -0.39 is 0 Å². The van der Waals surface area contributed by atoms with E-state index in [1.807, 2.05) is 26.0 Å². The molecule has 1 aromatic heterocycles. The van der Waals surface area contributed by atoms with Crippen LogP contribution in [0, 0.1) is 13.8 Å². The number of nitrogen functional groups attached to an aromatic ring is 1. The van der Waals surface area contributed by atoms with E-state index in [4.69, 9.17) is 17.3 Å². The lowest BCUT2D eigenvalue weighted by molar-refractivity contribution is 1.32. The minimum absolute atomic E-state index is 0.712. The van der Waals surface area contributed by atoms with E-state index in [0.717, 1.165) is 27.1 Å². The van der Waals surface area contributed by atoms with Gasteiger partial charge in [0.1, 0.15) is 0 Å². The van der Waals surface area contributed by atoms with Crippen molar-refractivity contribution in [3.8, 4) is 0 Å². The Labute approximate surface area is 87.7 Å². The Morgan fingerprint density at radius 1 is 1.21 bits per heavy atom. The summed E-state index contributed by atoms with van der Waals surface area (Å²) in [5, 5.41) is 1.66. The van der Waals surface area contributed by atoms with Gasteiger partial charge in [0, 0.05) is 11.6 Å². The summed E-state index contributed by atoms with van der Waals surface area (Å²) < 4.78 is 0. The summed E-state index contributed by atoms with van der Waals surface area (Å²) >= 11 is 6.15. The van der Waals surface area contributed by atoms with Crippen LogP contribution in [0.3, 0.4) is 0 Å². The molecule has 0 aliphatic heterocycles. The molecule has 0 spiro atoms. The Morgan fingerprint density at radius 3 is 2.64 bits per heavy atom. The molecule has 2 N–H and O–H groups in total. The van der Waals surface area contributed by atoms with Gasteiger partial charge in [-0.3, -0.25) is 4.98 Å². The topological polar surface area (TPSA) is 38.9 Å². The zero-order valence-corrected chi connectivity index (χ0v) is 8.89. The second-order valence-electron chi connectivity index (χ2n) is 3.45. The van der Waals surface area contributed by atoms with Crippen molar-refractivity contribution in [2.45, 2.75) is 13.8 Å². The maximum Gasteiger partial charge on any atom is 0.0949 e. The highest BCUT2D eigenvalue weighted by molar-refractivity contribution is 6.36. The number of hydrogen-bond acceptors (Lipinski definition) is 2. The third-order valence-corrected chi connectivity index (χ3v) is 2.91. The Hall–Kier alpha value is -1.28. The minimum atomic E-state index is 0.712. The molecule has 0 bridgehead atoms. The van der Waals surface area contributed by atoms with E-state index in [9.17, 15) is 0 Å². The molecule has 1 aromatic carbocycles. The number of pyridine rings is 1. The molecule has 0 saturated carbocycles. The van der Waals surface area contributed by atoms with E-state index >= 15 is 0 Å². The van der Waals surface area contributed by atoms with Crippen molar-refractivity contribution >= 4 is 28.2 Å². The third kappa shape index (κ3) is 1.23. The van der Waals surface area contributed by atoms with Gasteiger partial charge in [-0.1, -0.05) is 23.7 Å². The summed E-state index contributed by atoms with van der Waals surface area (Å²) in [6.07, 6.45) is 1.75. The molecule has 3 heteroatoms. The maximum absolute atomic E-state index is 6.15. The van der Waals surface area contributed by atoms with Gasteiger partial charge in [0.25, 0.3) is 0 Å². The molecular formula is C11H11ClN2. The Morgan fingerprint density at radius 2 is 1.93 bits per heavy atom. The number of rotatable bonds is 0. The fourth-order valence-electron chi connectivity index (χ4n) is 1.46. The number of benzene rings is 1. The second-order valence-corrected chi connectivity index (χ2v) is 3.83. The van der Waals surface area contributed by atoms with E-state index in [-0.39, 0.29) is 0 Å². The van der Waals surface area contributed by atoms with Crippen LogP contribution >= 0.6 is 11.6 Å². The van der Waals surface area contributed by atoms with Gasteiger partial charge >= 0.3 is 0 Å². The summed E-state index contributed by atoms with van der Waals surface area (Å²) in [6.45, 7) is 3.90. The van der Waals surface area contributed by atoms with Crippen LogP contribution in [-0.4, -0.2) is 4.98 Å². The van der Waals surface area contributed by atoms with Crippen LogP contribution in [0.5, 0.6) is 0 Å². The lowest BCUT2D eigenvalue weighted by Crippen LogP contribution is -1.94. The minimum Gasteiger partial charge on any atom is -0.397 e. The maximum atomic E-state index is 6.15. The zero-order valence-electron chi connectivity index (χ0n) is 8.13. The highest BCUT2D eigenvalue weighted by Crippen LogP contribution is 2.29. The summed E-state index contributed by atoms with van der Waals surface area (Å²) in [5.74, 6) is 0. The number of aryl methyl sites for hydroxylation is 2. The average molecular weight is 207 g/mol. The van der Waals surface area contributed by atoms with Gasteiger partial charge in [-0.15, -0.1) is 0 Å². The normalized spacial score (nSPS) is 10.8. The molecule has 0 atom stereocenters. The van der Waals surface area contributed by atoms with Gasteiger partial charge in [-0.25, -0.2) is 0 Å². The smallest absolute Gasteiger partial charge is 0.0949 e. The molecule has 0 amide bonds. The van der Waals surface area contributed by atoms with Gasteiger partial charge in [0.05, 0.1) is 16.2 Å². The van der Waals surface area contributed by atoms with Crippen molar-refractivity contribution in [1.82, 2.24) is 4.98 Å². The molecule has 0 fully saturated rings. The number of hydrogen-bond donors (Lipinski definition) is 1. The van der Waals surface area contributed by atoms with Gasteiger partial charge in [0.2, 0.25) is 0 Å². The van der Waals surface area contributed by atoms with Crippen molar-refractivity contribution in [3.63, 3.8) is 0 Å². The molecule has 0 unspecified atom stereocenters. The van der Waals surface area contributed by atoms with Crippen LogP contribution in [0.15, 0.2) is 18.3 Å². The standard InChI is InChI=1S/C11H11ClN2/c1-6-3-4-8-9(12)7(2)5-14-11(8)10(6)13/h3-5H,13H2,1-2H3. The largest absolute Gasteiger partial charge is 0.397 e. The molecule has 0 aliphatic rings. The van der Waals surface area contributed by atoms with Crippen LogP contribution in [-0.2, 0) is 0 Å². The second kappa shape index (κ2) is 3.14. The van der Waals surface area contributed by atoms with E-state index in [2.05, 4.69) is 4.98 Å². The van der Waals surface area contributed by atoms with Crippen LogP contribution in [0.25, 0.3) is 10.9 Å². The predicted molar refractivity (Wildman–Crippen MR) is 60.6 cm³/mol. The number of fused-ring (bicyclic) bond motifs is 1. The van der Waals surface area contributed by atoms with Gasteiger partial charge in [-0.05, 0) is 25.0 Å². The molecule has 2 rings (SSSR count). The number of halogens is 1. The lowest BCUT2D eigenvalue weighted by Gasteiger charge is -2.07. The molecule has 72 valence electrons. The monoisotopic (exact) mass is 206 g/mol. The predicted octanol–water partition coefficient (Wildman–Crippen LogP) is 3.09. The first-order valence-electron chi connectivity index (χ1n) is 4.41. The molecule has 2 aromatic rings.